The van der Waals surface area contributed by atoms with E-state index in [0.29, 0.717) is 18.7 Å². The first-order chi connectivity index (χ1) is 10.2. The van der Waals surface area contributed by atoms with Gasteiger partial charge < -0.3 is 10.1 Å². The monoisotopic (exact) mass is 322 g/mol. The summed E-state index contributed by atoms with van der Waals surface area (Å²) >= 11 is 3.39. The predicted octanol–water partition coefficient (Wildman–Crippen LogP) is 3.12. The number of thiazole rings is 1. The molecule has 1 N–H and O–H groups in total. The molecule has 2 aromatic rings. The Morgan fingerprint density at radius 2 is 2.14 bits per heavy atom. The molecular formula is C15H18N2O2S2. The molecule has 112 valence electrons. The fourth-order valence-electron chi connectivity index (χ4n) is 1.70. The molecule has 0 bridgehead atoms. The minimum Gasteiger partial charge on any atom is -0.383 e. The summed E-state index contributed by atoms with van der Waals surface area (Å²) < 4.78 is 4.90. The summed E-state index contributed by atoms with van der Waals surface area (Å²) in [6.07, 6.45) is 0. The number of hydrogen-bond acceptors (Lipinski definition) is 5. The smallest absolute Gasteiger partial charge is 0.251 e. The number of ether oxygens (including phenoxy) is 1. The Kier molecular flexibility index (Phi) is 6.22. The molecule has 0 aliphatic heterocycles. The van der Waals surface area contributed by atoms with Gasteiger partial charge >= 0.3 is 0 Å². The molecule has 2 rings (SSSR count). The number of aromatic nitrogens is 1. The van der Waals surface area contributed by atoms with E-state index in [-0.39, 0.29) is 5.91 Å². The molecule has 0 aliphatic carbocycles. The Morgan fingerprint density at radius 1 is 1.38 bits per heavy atom. The third-order valence-electron chi connectivity index (χ3n) is 2.76. The van der Waals surface area contributed by atoms with Crippen LogP contribution in [0.15, 0.2) is 34.5 Å². The van der Waals surface area contributed by atoms with Crippen molar-refractivity contribution in [2.45, 2.75) is 17.6 Å². The van der Waals surface area contributed by atoms with Crippen LogP contribution in [-0.4, -0.2) is 31.2 Å². The van der Waals surface area contributed by atoms with E-state index in [2.05, 4.69) is 15.7 Å². The van der Waals surface area contributed by atoms with Crippen molar-refractivity contribution in [3.63, 3.8) is 0 Å². The number of nitrogens with zero attached hydrogens (tertiary/aromatic N) is 1. The highest BCUT2D eigenvalue weighted by atomic mass is 32.2. The number of nitrogens with one attached hydrogen (secondary N) is 1. The summed E-state index contributed by atoms with van der Waals surface area (Å²) in [5, 5.41) is 5.98. The molecule has 6 heteroatoms. The Balaban J connectivity index is 1.85. The summed E-state index contributed by atoms with van der Waals surface area (Å²) in [7, 11) is 1.61. The number of carbonyl (C=O) groups excluding carboxylic acids is 1. The van der Waals surface area contributed by atoms with Crippen molar-refractivity contribution in [3.05, 3.63) is 45.9 Å². The number of amides is 1. The fourth-order valence-corrected chi connectivity index (χ4v) is 3.21. The Labute approximate surface area is 132 Å². The maximum Gasteiger partial charge on any atom is 0.251 e. The minimum absolute atomic E-state index is 0.0706. The van der Waals surface area contributed by atoms with E-state index < -0.39 is 0 Å². The molecule has 1 aromatic heterocycles. The third kappa shape index (κ3) is 5.15. The molecule has 1 amide bonds. The molecule has 1 heterocycles. The van der Waals surface area contributed by atoms with Crippen molar-refractivity contribution in [1.29, 1.82) is 0 Å². The first-order valence-corrected chi connectivity index (χ1v) is 8.46. The van der Waals surface area contributed by atoms with E-state index >= 15 is 0 Å². The number of hydrogen-bond donors (Lipinski definition) is 1. The second-order valence-electron chi connectivity index (χ2n) is 4.42. The molecule has 0 aliphatic rings. The second kappa shape index (κ2) is 8.17. The minimum atomic E-state index is -0.0706. The average molecular weight is 322 g/mol. The predicted molar refractivity (Wildman–Crippen MR) is 87.1 cm³/mol. The van der Waals surface area contributed by atoms with Gasteiger partial charge in [-0.15, -0.1) is 23.1 Å². The lowest BCUT2D eigenvalue weighted by atomic mass is 10.2. The highest BCUT2D eigenvalue weighted by molar-refractivity contribution is 7.98. The van der Waals surface area contributed by atoms with Crippen LogP contribution in [0.1, 0.15) is 21.1 Å². The van der Waals surface area contributed by atoms with Crippen molar-refractivity contribution < 1.29 is 9.53 Å². The van der Waals surface area contributed by atoms with Gasteiger partial charge in [0.25, 0.3) is 5.91 Å². The van der Waals surface area contributed by atoms with Crippen molar-refractivity contribution in [2.75, 3.05) is 20.3 Å². The van der Waals surface area contributed by atoms with E-state index in [4.69, 9.17) is 4.74 Å². The van der Waals surface area contributed by atoms with Crippen LogP contribution >= 0.6 is 23.1 Å². The number of thioether (sulfide) groups is 1. The van der Waals surface area contributed by atoms with Gasteiger partial charge in [0, 0.05) is 35.2 Å². The maximum atomic E-state index is 11.8. The lowest BCUT2D eigenvalue weighted by molar-refractivity contribution is 0.0937. The SMILES string of the molecule is COCCNC(=O)c1ccc(SCc2csc(C)n2)cc1. The van der Waals surface area contributed by atoms with Gasteiger partial charge in [0.1, 0.15) is 0 Å². The lowest BCUT2D eigenvalue weighted by Crippen LogP contribution is -2.26. The van der Waals surface area contributed by atoms with Crippen LogP contribution in [0.5, 0.6) is 0 Å². The van der Waals surface area contributed by atoms with Gasteiger partial charge in [0.2, 0.25) is 0 Å². The van der Waals surface area contributed by atoms with Gasteiger partial charge in [-0.25, -0.2) is 4.98 Å². The van der Waals surface area contributed by atoms with Gasteiger partial charge in [-0.3, -0.25) is 4.79 Å². The summed E-state index contributed by atoms with van der Waals surface area (Å²) in [6, 6.07) is 7.62. The molecule has 4 nitrogen and oxygen atoms in total. The molecule has 21 heavy (non-hydrogen) atoms. The molecule has 0 fully saturated rings. The van der Waals surface area contributed by atoms with Gasteiger partial charge in [-0.05, 0) is 31.2 Å². The zero-order valence-corrected chi connectivity index (χ0v) is 13.7. The van der Waals surface area contributed by atoms with Crippen molar-refractivity contribution in [3.8, 4) is 0 Å². The quantitative estimate of drug-likeness (QED) is 0.628. The normalized spacial score (nSPS) is 10.6. The van der Waals surface area contributed by atoms with Crippen LogP contribution in [0.2, 0.25) is 0 Å². The number of carbonyl (C=O) groups is 1. The van der Waals surface area contributed by atoms with E-state index in [1.54, 1.807) is 30.2 Å². The van der Waals surface area contributed by atoms with Crippen LogP contribution in [0.3, 0.4) is 0 Å². The molecule has 0 saturated carbocycles. The Hall–Kier alpha value is -1.37. The van der Waals surface area contributed by atoms with E-state index in [1.807, 2.05) is 31.2 Å². The van der Waals surface area contributed by atoms with Gasteiger partial charge in [-0.2, -0.15) is 0 Å². The van der Waals surface area contributed by atoms with Crippen LogP contribution in [0.4, 0.5) is 0 Å². The highest BCUT2D eigenvalue weighted by Crippen LogP contribution is 2.23. The number of aryl methyl sites for hydroxylation is 1. The fraction of sp³-hybridized carbons (Fsp3) is 0.333. The van der Waals surface area contributed by atoms with E-state index in [1.165, 1.54) is 0 Å². The van der Waals surface area contributed by atoms with Gasteiger partial charge in [0.15, 0.2) is 0 Å². The maximum absolute atomic E-state index is 11.8. The zero-order chi connectivity index (χ0) is 15.1. The first-order valence-electron chi connectivity index (χ1n) is 6.60. The molecule has 1 aromatic carbocycles. The molecule has 0 saturated heterocycles. The summed E-state index contributed by atoms with van der Waals surface area (Å²) in [6.45, 7) is 3.05. The standard InChI is InChI=1S/C15H18N2O2S2/c1-11-17-13(9-20-11)10-21-14-5-3-12(4-6-14)15(18)16-7-8-19-2/h3-6,9H,7-8,10H2,1-2H3,(H,16,18). The summed E-state index contributed by atoms with van der Waals surface area (Å²) in [5.41, 5.74) is 1.77. The van der Waals surface area contributed by atoms with Crippen LogP contribution in [-0.2, 0) is 10.5 Å². The van der Waals surface area contributed by atoms with Crippen molar-refractivity contribution in [2.24, 2.45) is 0 Å². The molecule has 0 atom stereocenters. The molecule has 0 radical (unpaired) electrons. The lowest BCUT2D eigenvalue weighted by Gasteiger charge is -2.05. The first kappa shape index (κ1) is 16.0. The van der Waals surface area contributed by atoms with Crippen LogP contribution in [0.25, 0.3) is 0 Å². The number of rotatable bonds is 7. The second-order valence-corrected chi connectivity index (χ2v) is 6.53. The zero-order valence-electron chi connectivity index (χ0n) is 12.1. The highest BCUT2D eigenvalue weighted by Gasteiger charge is 2.05. The van der Waals surface area contributed by atoms with E-state index in [0.717, 1.165) is 21.3 Å². The Bertz CT molecular complexity index is 582. The summed E-state index contributed by atoms with van der Waals surface area (Å²) in [5.74, 6) is 0.780. The topological polar surface area (TPSA) is 51.2 Å². The van der Waals surface area contributed by atoms with Crippen LogP contribution < -0.4 is 5.32 Å². The number of methoxy groups -OCH3 is 1. The largest absolute Gasteiger partial charge is 0.383 e. The molecule has 0 unspecified atom stereocenters. The summed E-state index contributed by atoms with van der Waals surface area (Å²) in [4.78, 5) is 17.4. The van der Waals surface area contributed by atoms with Crippen molar-refractivity contribution in [1.82, 2.24) is 10.3 Å². The van der Waals surface area contributed by atoms with E-state index in [9.17, 15) is 4.79 Å². The average Bonchev–Trinajstić information content (AvgIpc) is 2.91. The van der Waals surface area contributed by atoms with Gasteiger partial charge in [0.05, 0.1) is 17.3 Å². The molecular weight excluding hydrogens is 304 g/mol. The molecule has 0 spiro atoms. The van der Waals surface area contributed by atoms with Crippen molar-refractivity contribution >= 4 is 29.0 Å². The Morgan fingerprint density at radius 3 is 2.76 bits per heavy atom. The number of benzene rings is 1. The van der Waals surface area contributed by atoms with Crippen LogP contribution in [0, 0.1) is 6.92 Å². The third-order valence-corrected chi connectivity index (χ3v) is 4.63. The van der Waals surface area contributed by atoms with Gasteiger partial charge in [-0.1, -0.05) is 0 Å².